The maximum atomic E-state index is 12.3. The predicted octanol–water partition coefficient (Wildman–Crippen LogP) is 3.95. The van der Waals surface area contributed by atoms with Gasteiger partial charge in [-0.25, -0.2) is 0 Å². The molecule has 1 amide bonds. The van der Waals surface area contributed by atoms with Crippen molar-refractivity contribution in [2.75, 3.05) is 0 Å². The fourth-order valence-corrected chi connectivity index (χ4v) is 2.83. The van der Waals surface area contributed by atoms with E-state index in [1.807, 2.05) is 68.6 Å². The maximum absolute atomic E-state index is 12.3. The highest BCUT2D eigenvalue weighted by Crippen LogP contribution is 2.18. The van der Waals surface area contributed by atoms with E-state index >= 15 is 0 Å². The number of carbonyl (C=O) groups is 1. The molecule has 0 bridgehead atoms. The first-order chi connectivity index (χ1) is 12.1. The lowest BCUT2D eigenvalue weighted by Crippen LogP contribution is -2.25. The van der Waals surface area contributed by atoms with Crippen LogP contribution in [0.25, 0.3) is 10.9 Å². The fraction of sp³-hybridized carbons (Fsp3) is 0.286. The van der Waals surface area contributed by atoms with Gasteiger partial charge < -0.3 is 15.0 Å². The molecule has 0 fully saturated rings. The average molecular weight is 336 g/mol. The molecular formula is C21H24N2O2. The van der Waals surface area contributed by atoms with Gasteiger partial charge >= 0.3 is 0 Å². The first-order valence-corrected chi connectivity index (χ1v) is 8.63. The Bertz CT molecular complexity index is 852. The molecule has 0 radical (unpaired) electrons. The topological polar surface area (TPSA) is 54.1 Å². The Labute approximate surface area is 148 Å². The summed E-state index contributed by atoms with van der Waals surface area (Å²) in [4.78, 5) is 15.6. The number of benzene rings is 2. The summed E-state index contributed by atoms with van der Waals surface area (Å²) in [5.74, 6) is 0.0179. The van der Waals surface area contributed by atoms with Crippen molar-refractivity contribution in [1.82, 2.24) is 10.3 Å². The highest BCUT2D eigenvalue weighted by atomic mass is 16.5. The summed E-state index contributed by atoms with van der Waals surface area (Å²) < 4.78 is 5.69. The van der Waals surface area contributed by atoms with Crippen LogP contribution in [0.2, 0.25) is 0 Å². The fourth-order valence-electron chi connectivity index (χ4n) is 2.83. The van der Waals surface area contributed by atoms with Crippen LogP contribution in [-0.2, 0) is 29.1 Å². The quantitative estimate of drug-likeness (QED) is 0.686. The van der Waals surface area contributed by atoms with Crippen molar-refractivity contribution in [3.8, 4) is 0 Å². The van der Waals surface area contributed by atoms with E-state index in [0.29, 0.717) is 19.6 Å². The Balaban J connectivity index is 1.61. The predicted molar refractivity (Wildman–Crippen MR) is 100 cm³/mol. The Hall–Kier alpha value is -2.59. The van der Waals surface area contributed by atoms with Gasteiger partial charge in [-0.05, 0) is 36.6 Å². The summed E-state index contributed by atoms with van der Waals surface area (Å²) in [7, 11) is 0. The number of ether oxygens (including phenoxy) is 1. The number of aromatic amines is 1. The number of para-hydroxylation sites is 1. The van der Waals surface area contributed by atoms with Crippen LogP contribution in [0.15, 0.2) is 54.7 Å². The largest absolute Gasteiger partial charge is 0.374 e. The van der Waals surface area contributed by atoms with Gasteiger partial charge in [0.15, 0.2) is 0 Å². The zero-order valence-electron chi connectivity index (χ0n) is 14.7. The van der Waals surface area contributed by atoms with Crippen molar-refractivity contribution in [1.29, 1.82) is 0 Å². The number of carbonyl (C=O) groups excluding carboxylic acids is 1. The lowest BCUT2D eigenvalue weighted by atomic mass is 10.1. The van der Waals surface area contributed by atoms with E-state index < -0.39 is 0 Å². The van der Waals surface area contributed by atoms with Gasteiger partial charge in [-0.15, -0.1) is 0 Å². The zero-order valence-corrected chi connectivity index (χ0v) is 14.7. The Morgan fingerprint density at radius 2 is 1.76 bits per heavy atom. The second kappa shape index (κ2) is 7.99. The van der Waals surface area contributed by atoms with E-state index in [1.165, 1.54) is 0 Å². The molecule has 4 nitrogen and oxygen atoms in total. The zero-order chi connectivity index (χ0) is 17.6. The number of fused-ring (bicyclic) bond motifs is 1. The van der Waals surface area contributed by atoms with Crippen LogP contribution in [0.5, 0.6) is 0 Å². The molecule has 25 heavy (non-hydrogen) atoms. The number of hydrogen-bond acceptors (Lipinski definition) is 2. The minimum Gasteiger partial charge on any atom is -0.374 e. The van der Waals surface area contributed by atoms with Gasteiger partial charge in [0.05, 0.1) is 19.1 Å². The molecule has 1 heterocycles. The lowest BCUT2D eigenvalue weighted by molar-refractivity contribution is -0.120. The monoisotopic (exact) mass is 336 g/mol. The van der Waals surface area contributed by atoms with Gasteiger partial charge in [0.1, 0.15) is 0 Å². The molecule has 3 aromatic rings. The first kappa shape index (κ1) is 17.2. The molecule has 130 valence electrons. The summed E-state index contributed by atoms with van der Waals surface area (Å²) >= 11 is 0. The number of H-pyrrole nitrogens is 1. The molecule has 2 N–H and O–H groups in total. The lowest BCUT2D eigenvalue weighted by Gasteiger charge is -2.13. The third-order valence-electron chi connectivity index (χ3n) is 4.19. The molecule has 0 aliphatic heterocycles. The smallest absolute Gasteiger partial charge is 0.224 e. The third-order valence-corrected chi connectivity index (χ3v) is 4.19. The second-order valence-corrected chi connectivity index (χ2v) is 6.44. The molecule has 0 saturated heterocycles. The van der Waals surface area contributed by atoms with Crippen molar-refractivity contribution < 1.29 is 9.53 Å². The van der Waals surface area contributed by atoms with Gasteiger partial charge in [-0.1, -0.05) is 42.5 Å². The Morgan fingerprint density at radius 1 is 1.04 bits per heavy atom. The number of hydrogen-bond donors (Lipinski definition) is 2. The first-order valence-electron chi connectivity index (χ1n) is 8.63. The molecule has 2 aromatic carbocycles. The second-order valence-electron chi connectivity index (χ2n) is 6.44. The average Bonchev–Trinajstić information content (AvgIpc) is 3.02. The number of aromatic nitrogens is 1. The van der Waals surface area contributed by atoms with Crippen molar-refractivity contribution in [2.24, 2.45) is 0 Å². The van der Waals surface area contributed by atoms with Gasteiger partial charge in [0.2, 0.25) is 5.91 Å². The Kier molecular flexibility index (Phi) is 5.51. The van der Waals surface area contributed by atoms with Gasteiger partial charge in [-0.3, -0.25) is 4.79 Å². The molecule has 0 saturated carbocycles. The van der Waals surface area contributed by atoms with Crippen molar-refractivity contribution in [3.63, 3.8) is 0 Å². The highest BCUT2D eigenvalue weighted by molar-refractivity contribution is 5.88. The number of rotatable bonds is 7. The molecule has 0 spiro atoms. The van der Waals surface area contributed by atoms with E-state index in [4.69, 9.17) is 4.74 Å². The van der Waals surface area contributed by atoms with Crippen LogP contribution < -0.4 is 5.32 Å². The minimum absolute atomic E-state index is 0.0179. The van der Waals surface area contributed by atoms with Gasteiger partial charge in [0.25, 0.3) is 0 Å². The van der Waals surface area contributed by atoms with Crippen molar-refractivity contribution >= 4 is 16.8 Å². The molecule has 0 unspecified atom stereocenters. The molecule has 0 atom stereocenters. The van der Waals surface area contributed by atoms with E-state index in [1.54, 1.807) is 0 Å². The summed E-state index contributed by atoms with van der Waals surface area (Å²) in [6, 6.07) is 16.1. The van der Waals surface area contributed by atoms with Crippen molar-refractivity contribution in [2.45, 2.75) is 39.5 Å². The van der Waals surface area contributed by atoms with Crippen LogP contribution in [0.1, 0.15) is 30.5 Å². The molecule has 0 aliphatic rings. The SMILES string of the molecule is CC(C)OCc1ccccc1CNC(=O)Cc1c[nH]c2ccccc12. The Morgan fingerprint density at radius 3 is 2.56 bits per heavy atom. The minimum atomic E-state index is 0.0179. The molecule has 4 heteroatoms. The molecule has 0 aliphatic carbocycles. The van der Waals surface area contributed by atoms with Crippen LogP contribution in [0.4, 0.5) is 0 Å². The van der Waals surface area contributed by atoms with Crippen molar-refractivity contribution in [3.05, 3.63) is 71.4 Å². The molecule has 1 aromatic heterocycles. The van der Waals surface area contributed by atoms with E-state index in [9.17, 15) is 4.79 Å². The highest BCUT2D eigenvalue weighted by Gasteiger charge is 2.09. The standard InChI is InChI=1S/C21H24N2O2/c1-15(2)25-14-17-8-4-3-7-16(17)12-23-21(24)11-18-13-22-20-10-6-5-9-19(18)20/h3-10,13,15,22H,11-12,14H2,1-2H3,(H,23,24). The van der Waals surface area contributed by atoms with E-state index in [2.05, 4.69) is 10.3 Å². The summed E-state index contributed by atoms with van der Waals surface area (Å²) in [6.45, 7) is 5.11. The summed E-state index contributed by atoms with van der Waals surface area (Å²) in [6.07, 6.45) is 2.47. The number of amides is 1. The van der Waals surface area contributed by atoms with E-state index in [0.717, 1.165) is 27.6 Å². The van der Waals surface area contributed by atoms with Crippen LogP contribution >= 0.6 is 0 Å². The maximum Gasteiger partial charge on any atom is 0.224 e. The van der Waals surface area contributed by atoms with Crippen LogP contribution in [0.3, 0.4) is 0 Å². The van der Waals surface area contributed by atoms with Gasteiger partial charge in [0, 0.05) is 23.6 Å². The van der Waals surface area contributed by atoms with Crippen LogP contribution in [-0.4, -0.2) is 17.0 Å². The van der Waals surface area contributed by atoms with Crippen LogP contribution in [0, 0.1) is 0 Å². The molecular weight excluding hydrogens is 312 g/mol. The number of nitrogens with one attached hydrogen (secondary N) is 2. The summed E-state index contributed by atoms with van der Waals surface area (Å²) in [5.41, 5.74) is 4.28. The summed E-state index contributed by atoms with van der Waals surface area (Å²) in [5, 5.41) is 4.12. The normalized spacial score (nSPS) is 11.2. The van der Waals surface area contributed by atoms with Gasteiger partial charge in [-0.2, -0.15) is 0 Å². The third kappa shape index (κ3) is 4.48. The molecule has 3 rings (SSSR count). The van der Waals surface area contributed by atoms with E-state index in [-0.39, 0.29) is 12.0 Å².